The van der Waals surface area contributed by atoms with Crippen molar-refractivity contribution in [2.24, 2.45) is 0 Å². The van der Waals surface area contributed by atoms with E-state index in [9.17, 15) is 9.59 Å². The van der Waals surface area contributed by atoms with Gasteiger partial charge in [-0.3, -0.25) is 9.69 Å². The van der Waals surface area contributed by atoms with Crippen molar-refractivity contribution in [1.82, 2.24) is 19.7 Å². The van der Waals surface area contributed by atoms with Gasteiger partial charge in [0.1, 0.15) is 6.04 Å². The molecule has 8 heteroatoms. The van der Waals surface area contributed by atoms with E-state index in [0.717, 1.165) is 12.8 Å². The maximum atomic E-state index is 13.1. The summed E-state index contributed by atoms with van der Waals surface area (Å²) in [6.07, 6.45) is 2.82. The quantitative estimate of drug-likeness (QED) is 0.771. The molecule has 1 aliphatic heterocycles. The van der Waals surface area contributed by atoms with Crippen molar-refractivity contribution < 1.29 is 14.0 Å². The van der Waals surface area contributed by atoms with Crippen molar-refractivity contribution in [2.75, 3.05) is 6.54 Å². The Hall–Kier alpha value is -1.70. The maximum Gasteiger partial charge on any atom is 0.319 e. The molecule has 1 saturated heterocycles. The molecule has 0 aromatic carbocycles. The first-order valence-corrected chi connectivity index (χ1v) is 11.6. The standard InChI is InChI=1S/C15H26N4O3Si/c1-6-7-10-18(23(3,4)5)15(21)19-12(8-9-13(19)20)14-17-16-11(2)22-14/h12H,6-10H2,1-5H3. The number of carbonyl (C=O) groups excluding carboxylic acids is 2. The fraction of sp³-hybridized carbons (Fsp3) is 0.733. The first-order valence-electron chi connectivity index (χ1n) is 8.19. The molecule has 1 aromatic rings. The maximum absolute atomic E-state index is 13.1. The Bertz CT molecular complexity index is 582. The van der Waals surface area contributed by atoms with E-state index in [0.29, 0.717) is 31.2 Å². The van der Waals surface area contributed by atoms with Crippen LogP contribution in [0.3, 0.4) is 0 Å². The van der Waals surface area contributed by atoms with Crippen molar-refractivity contribution in [3.8, 4) is 0 Å². The normalized spacial score (nSPS) is 18.6. The van der Waals surface area contributed by atoms with Crippen LogP contribution in [0.1, 0.15) is 50.4 Å². The van der Waals surface area contributed by atoms with Crippen LogP contribution >= 0.6 is 0 Å². The minimum absolute atomic E-state index is 0.157. The Labute approximate surface area is 138 Å². The number of urea groups is 1. The van der Waals surface area contributed by atoms with Crippen molar-refractivity contribution in [3.63, 3.8) is 0 Å². The van der Waals surface area contributed by atoms with E-state index >= 15 is 0 Å². The highest BCUT2D eigenvalue weighted by Gasteiger charge is 2.43. The molecule has 0 spiro atoms. The largest absolute Gasteiger partial charge is 0.423 e. The molecule has 3 amide bonds. The summed E-state index contributed by atoms with van der Waals surface area (Å²) in [5.41, 5.74) is 0. The van der Waals surface area contributed by atoms with Crippen LogP contribution in [-0.4, -0.2) is 46.4 Å². The number of aromatic nitrogens is 2. The van der Waals surface area contributed by atoms with Gasteiger partial charge in [-0.1, -0.05) is 33.0 Å². The lowest BCUT2D eigenvalue weighted by molar-refractivity contribution is -0.126. The summed E-state index contributed by atoms with van der Waals surface area (Å²) < 4.78 is 7.37. The van der Waals surface area contributed by atoms with Crippen LogP contribution in [0.15, 0.2) is 4.42 Å². The van der Waals surface area contributed by atoms with E-state index in [1.54, 1.807) is 6.92 Å². The number of carbonyl (C=O) groups is 2. The predicted molar refractivity (Wildman–Crippen MR) is 88.2 cm³/mol. The second-order valence-corrected chi connectivity index (χ2v) is 11.8. The van der Waals surface area contributed by atoms with Crippen molar-refractivity contribution in [3.05, 3.63) is 11.8 Å². The number of amides is 3. The van der Waals surface area contributed by atoms with Gasteiger partial charge in [-0.25, -0.2) is 4.79 Å². The Kier molecular flexibility index (Phi) is 5.23. The second kappa shape index (κ2) is 6.82. The van der Waals surface area contributed by atoms with Gasteiger partial charge in [-0.2, -0.15) is 0 Å². The number of hydrogen-bond acceptors (Lipinski definition) is 5. The zero-order valence-electron chi connectivity index (χ0n) is 14.6. The average molecular weight is 338 g/mol. The molecule has 1 aromatic heterocycles. The third-order valence-electron chi connectivity index (χ3n) is 4.02. The number of rotatable bonds is 5. The molecule has 23 heavy (non-hydrogen) atoms. The molecule has 0 bridgehead atoms. The molecule has 2 heterocycles. The van der Waals surface area contributed by atoms with Crippen LogP contribution in [-0.2, 0) is 4.79 Å². The van der Waals surface area contributed by atoms with Gasteiger partial charge in [0.05, 0.1) is 0 Å². The Morgan fingerprint density at radius 1 is 1.39 bits per heavy atom. The summed E-state index contributed by atoms with van der Waals surface area (Å²) in [6, 6.07) is -0.641. The highest BCUT2D eigenvalue weighted by molar-refractivity contribution is 6.75. The van der Waals surface area contributed by atoms with Crippen LogP contribution in [0.2, 0.25) is 19.6 Å². The number of likely N-dealkylation sites (tertiary alicyclic amines) is 1. The van der Waals surface area contributed by atoms with Gasteiger partial charge in [0.15, 0.2) is 8.24 Å². The van der Waals surface area contributed by atoms with Crippen LogP contribution in [0, 0.1) is 6.92 Å². The molecule has 128 valence electrons. The summed E-state index contributed by atoms with van der Waals surface area (Å²) in [4.78, 5) is 26.7. The number of aryl methyl sites for hydroxylation is 1. The van der Waals surface area contributed by atoms with Gasteiger partial charge in [-0.15, -0.1) is 10.2 Å². The summed E-state index contributed by atoms with van der Waals surface area (Å²) >= 11 is 0. The van der Waals surface area contributed by atoms with E-state index in [-0.39, 0.29) is 11.9 Å². The van der Waals surface area contributed by atoms with Gasteiger partial charge in [0.2, 0.25) is 17.7 Å². The van der Waals surface area contributed by atoms with Crippen molar-refractivity contribution >= 4 is 20.2 Å². The number of hydrogen-bond donors (Lipinski definition) is 0. The van der Waals surface area contributed by atoms with Gasteiger partial charge >= 0.3 is 6.03 Å². The minimum Gasteiger partial charge on any atom is -0.423 e. The predicted octanol–water partition coefficient (Wildman–Crippen LogP) is 3.10. The molecule has 2 rings (SSSR count). The number of unbranched alkanes of at least 4 members (excludes halogenated alkanes) is 1. The highest BCUT2D eigenvalue weighted by Crippen LogP contribution is 2.33. The number of nitrogens with zero attached hydrogens (tertiary/aromatic N) is 4. The Morgan fingerprint density at radius 3 is 2.61 bits per heavy atom. The molecule has 7 nitrogen and oxygen atoms in total. The van der Waals surface area contributed by atoms with Crippen molar-refractivity contribution in [1.29, 1.82) is 0 Å². The molecule has 0 N–H and O–H groups in total. The van der Waals surface area contributed by atoms with Gasteiger partial charge < -0.3 is 8.98 Å². The minimum atomic E-state index is -1.89. The zero-order chi connectivity index (χ0) is 17.2. The first kappa shape index (κ1) is 17.6. The lowest BCUT2D eigenvalue weighted by Gasteiger charge is -2.37. The zero-order valence-corrected chi connectivity index (χ0v) is 15.6. The van der Waals surface area contributed by atoms with Crippen LogP contribution in [0.4, 0.5) is 4.79 Å². The fourth-order valence-corrected chi connectivity index (χ4v) is 4.28. The van der Waals surface area contributed by atoms with Crippen LogP contribution in [0.5, 0.6) is 0 Å². The van der Waals surface area contributed by atoms with E-state index in [1.807, 2.05) is 4.57 Å². The van der Waals surface area contributed by atoms with E-state index in [2.05, 4.69) is 36.8 Å². The lowest BCUT2D eigenvalue weighted by atomic mass is 10.2. The van der Waals surface area contributed by atoms with E-state index < -0.39 is 14.3 Å². The topological polar surface area (TPSA) is 79.5 Å². The van der Waals surface area contributed by atoms with E-state index in [1.165, 1.54) is 4.90 Å². The molecule has 1 atom stereocenters. The summed E-state index contributed by atoms with van der Waals surface area (Å²) in [7, 11) is -1.89. The van der Waals surface area contributed by atoms with Gasteiger partial charge in [-0.05, 0) is 12.8 Å². The van der Waals surface area contributed by atoms with Gasteiger partial charge in [0, 0.05) is 19.9 Å². The monoisotopic (exact) mass is 338 g/mol. The summed E-state index contributed by atoms with van der Waals surface area (Å²) in [6.45, 7) is 10.8. The SMILES string of the molecule is CCCCN(C(=O)N1C(=O)CCC1c1nnc(C)o1)[Si](C)(C)C. The third kappa shape index (κ3) is 3.80. The number of imide groups is 1. The average Bonchev–Trinajstić information content (AvgIpc) is 3.03. The second-order valence-electron chi connectivity index (χ2n) is 6.94. The molecule has 1 unspecified atom stereocenters. The molecule has 1 aliphatic rings. The van der Waals surface area contributed by atoms with E-state index in [4.69, 9.17) is 4.42 Å². The highest BCUT2D eigenvalue weighted by atomic mass is 28.3. The Balaban J connectivity index is 2.27. The van der Waals surface area contributed by atoms with Crippen LogP contribution < -0.4 is 0 Å². The molecule has 1 fully saturated rings. The Morgan fingerprint density at radius 2 is 2.09 bits per heavy atom. The summed E-state index contributed by atoms with van der Waals surface area (Å²) in [5, 5.41) is 7.83. The first-order chi connectivity index (χ1) is 10.8. The molecular weight excluding hydrogens is 312 g/mol. The van der Waals surface area contributed by atoms with Crippen LogP contribution in [0.25, 0.3) is 0 Å². The summed E-state index contributed by atoms with van der Waals surface area (Å²) in [5.74, 6) is 0.642. The van der Waals surface area contributed by atoms with Gasteiger partial charge in [0.25, 0.3) is 0 Å². The third-order valence-corrected chi connectivity index (χ3v) is 6.06. The lowest BCUT2D eigenvalue weighted by Crippen LogP contribution is -2.55. The molecule has 0 aliphatic carbocycles. The smallest absolute Gasteiger partial charge is 0.319 e. The molecule has 0 radical (unpaired) electrons. The molecule has 0 saturated carbocycles. The molecular formula is C15H26N4O3Si. The van der Waals surface area contributed by atoms with Crippen molar-refractivity contribution in [2.45, 2.75) is 65.2 Å². The fourth-order valence-electron chi connectivity index (χ4n) is 2.77.